The topological polar surface area (TPSA) is 26.7 Å². The molecule has 1 aliphatic heterocycles. The Labute approximate surface area is 133 Å². The van der Waals surface area contributed by atoms with Gasteiger partial charge in [-0.3, -0.25) is 0 Å². The molecule has 122 valence electrons. The van der Waals surface area contributed by atoms with E-state index in [0.29, 0.717) is 5.56 Å². The molecule has 0 amide bonds. The van der Waals surface area contributed by atoms with Gasteiger partial charge in [-0.1, -0.05) is 33.8 Å². The number of hydrogen-bond donors (Lipinski definition) is 1. The van der Waals surface area contributed by atoms with Crippen LogP contribution in [-0.4, -0.2) is 41.8 Å². The van der Waals surface area contributed by atoms with Crippen molar-refractivity contribution in [1.29, 1.82) is 0 Å². The number of hydrogen-bond acceptors (Lipinski definition) is 3. The average Bonchev–Trinajstić information content (AvgIpc) is 2.76. The number of aliphatic hydroxyl groups is 1. The fraction of sp³-hybridized carbons (Fsp3) is 0.556. The summed E-state index contributed by atoms with van der Waals surface area (Å²) in [6, 6.07) is 5.13. The molecule has 0 aliphatic carbocycles. The molecule has 0 saturated carbocycles. The summed E-state index contributed by atoms with van der Waals surface area (Å²) in [6.07, 6.45) is 2.00. The van der Waals surface area contributed by atoms with Crippen molar-refractivity contribution < 1.29 is 9.50 Å². The maximum Gasteiger partial charge on any atom is 0.132 e. The Bertz CT molecular complexity index is 563. The predicted molar refractivity (Wildman–Crippen MR) is 88.7 cm³/mol. The molecule has 0 radical (unpaired) electrons. The monoisotopic (exact) mass is 306 g/mol. The molecule has 1 unspecified atom stereocenters. The van der Waals surface area contributed by atoms with E-state index in [1.165, 1.54) is 6.07 Å². The van der Waals surface area contributed by atoms with Crippen molar-refractivity contribution in [3.63, 3.8) is 0 Å². The van der Waals surface area contributed by atoms with E-state index in [-0.39, 0.29) is 23.8 Å². The van der Waals surface area contributed by atoms with E-state index in [1.54, 1.807) is 6.07 Å². The molecule has 1 aromatic carbocycles. The van der Waals surface area contributed by atoms with Crippen molar-refractivity contribution in [3.8, 4) is 0 Å². The number of nitrogens with zero attached hydrogens (tertiary/aromatic N) is 2. The van der Waals surface area contributed by atoms with Crippen molar-refractivity contribution >= 4 is 5.70 Å². The van der Waals surface area contributed by atoms with Gasteiger partial charge in [-0.25, -0.2) is 4.39 Å². The van der Waals surface area contributed by atoms with Gasteiger partial charge in [0, 0.05) is 37.9 Å². The van der Waals surface area contributed by atoms with E-state index < -0.39 is 0 Å². The highest BCUT2D eigenvalue weighted by Gasteiger charge is 2.26. The maximum atomic E-state index is 14.4. The lowest BCUT2D eigenvalue weighted by Gasteiger charge is -2.30. The van der Waals surface area contributed by atoms with E-state index in [2.05, 4.69) is 30.6 Å². The van der Waals surface area contributed by atoms with Gasteiger partial charge in [0.05, 0.1) is 12.4 Å². The molecule has 22 heavy (non-hydrogen) atoms. The van der Waals surface area contributed by atoms with Crippen LogP contribution < -0.4 is 0 Å². The van der Waals surface area contributed by atoms with E-state index in [1.807, 2.05) is 26.2 Å². The van der Waals surface area contributed by atoms with Gasteiger partial charge in [0.15, 0.2) is 0 Å². The summed E-state index contributed by atoms with van der Waals surface area (Å²) in [5.41, 5.74) is 2.63. The molecule has 0 bridgehead atoms. The number of benzene rings is 1. The van der Waals surface area contributed by atoms with Gasteiger partial charge >= 0.3 is 0 Å². The zero-order valence-corrected chi connectivity index (χ0v) is 14.2. The largest absolute Gasteiger partial charge is 0.396 e. The first-order valence-electron chi connectivity index (χ1n) is 7.79. The molecular weight excluding hydrogens is 279 g/mol. The lowest BCUT2D eigenvalue weighted by atomic mass is 9.94. The zero-order chi connectivity index (χ0) is 16.5. The summed E-state index contributed by atoms with van der Waals surface area (Å²) in [6.45, 7) is 10.2. The highest BCUT2D eigenvalue weighted by Crippen LogP contribution is 2.32. The van der Waals surface area contributed by atoms with E-state index in [9.17, 15) is 9.50 Å². The molecule has 0 saturated heterocycles. The molecule has 1 N–H and O–H groups in total. The van der Waals surface area contributed by atoms with Crippen LogP contribution in [0, 0.1) is 11.2 Å². The van der Waals surface area contributed by atoms with E-state index in [4.69, 9.17) is 0 Å². The first-order chi connectivity index (χ1) is 10.2. The van der Waals surface area contributed by atoms with Crippen LogP contribution in [0.15, 0.2) is 24.4 Å². The maximum absolute atomic E-state index is 14.4. The van der Waals surface area contributed by atoms with Crippen molar-refractivity contribution in [1.82, 2.24) is 9.80 Å². The van der Waals surface area contributed by atoms with Crippen LogP contribution >= 0.6 is 0 Å². The van der Waals surface area contributed by atoms with Crippen LogP contribution in [0.25, 0.3) is 5.70 Å². The molecule has 0 fully saturated rings. The smallest absolute Gasteiger partial charge is 0.132 e. The molecule has 1 heterocycles. The second-order valence-corrected chi connectivity index (χ2v) is 7.49. The summed E-state index contributed by atoms with van der Waals surface area (Å²) in [5, 5.41) is 9.33. The first-order valence-corrected chi connectivity index (χ1v) is 7.79. The van der Waals surface area contributed by atoms with Gasteiger partial charge in [0.1, 0.15) is 5.82 Å². The minimum Gasteiger partial charge on any atom is -0.396 e. The molecule has 2 rings (SSSR count). The summed E-state index contributed by atoms with van der Waals surface area (Å²) < 4.78 is 14.4. The van der Waals surface area contributed by atoms with Gasteiger partial charge < -0.3 is 14.9 Å². The third-order valence-electron chi connectivity index (χ3n) is 3.85. The van der Waals surface area contributed by atoms with Crippen LogP contribution in [0.1, 0.15) is 44.7 Å². The first kappa shape index (κ1) is 16.8. The molecule has 1 aliphatic rings. The number of halogens is 1. The minimum absolute atomic E-state index is 0.00940. The van der Waals surface area contributed by atoms with Crippen molar-refractivity contribution in [2.24, 2.45) is 5.41 Å². The quantitative estimate of drug-likeness (QED) is 0.922. The van der Waals surface area contributed by atoms with Crippen LogP contribution in [-0.2, 0) is 0 Å². The van der Waals surface area contributed by atoms with Gasteiger partial charge in [-0.15, -0.1) is 0 Å². The van der Waals surface area contributed by atoms with Gasteiger partial charge in [-0.2, -0.15) is 0 Å². The Hall–Kier alpha value is -1.55. The highest BCUT2D eigenvalue weighted by atomic mass is 19.1. The standard InChI is InChI=1S/C18H27FN2O/c1-13(10-22)14-6-7-16(19)15(8-14)17-9-20(5)12-21(17)11-18(2,3)4/h6-9,13,22H,10-12H2,1-5H3. The lowest BCUT2D eigenvalue weighted by molar-refractivity contribution is 0.227. The van der Waals surface area contributed by atoms with Gasteiger partial charge in [0.2, 0.25) is 0 Å². The fourth-order valence-electron chi connectivity index (χ4n) is 2.78. The fourth-order valence-corrected chi connectivity index (χ4v) is 2.78. The Morgan fingerprint density at radius 2 is 2.00 bits per heavy atom. The Kier molecular flexibility index (Phi) is 4.81. The Morgan fingerprint density at radius 3 is 2.59 bits per heavy atom. The summed E-state index contributed by atoms with van der Waals surface area (Å²) in [7, 11) is 2.00. The van der Waals surface area contributed by atoms with Crippen molar-refractivity contribution in [3.05, 3.63) is 41.3 Å². The predicted octanol–water partition coefficient (Wildman–Crippen LogP) is 3.47. The molecule has 1 aromatic rings. The third-order valence-corrected chi connectivity index (χ3v) is 3.85. The highest BCUT2D eigenvalue weighted by molar-refractivity contribution is 5.66. The van der Waals surface area contributed by atoms with Crippen molar-refractivity contribution in [2.45, 2.75) is 33.6 Å². The number of aliphatic hydroxyl groups excluding tert-OH is 1. The van der Waals surface area contributed by atoms with Crippen LogP contribution in [0.5, 0.6) is 0 Å². The zero-order valence-electron chi connectivity index (χ0n) is 14.2. The van der Waals surface area contributed by atoms with Gasteiger partial charge in [0.25, 0.3) is 0 Å². The molecular formula is C18H27FN2O. The second-order valence-electron chi connectivity index (χ2n) is 7.49. The van der Waals surface area contributed by atoms with Crippen LogP contribution in [0.3, 0.4) is 0 Å². The van der Waals surface area contributed by atoms with E-state index >= 15 is 0 Å². The average molecular weight is 306 g/mol. The van der Waals surface area contributed by atoms with Crippen LogP contribution in [0.4, 0.5) is 4.39 Å². The molecule has 0 spiro atoms. The summed E-state index contributed by atoms with van der Waals surface area (Å²) in [5.74, 6) is -0.204. The molecule has 4 heteroatoms. The second kappa shape index (κ2) is 6.29. The Morgan fingerprint density at radius 1 is 1.32 bits per heavy atom. The lowest BCUT2D eigenvalue weighted by Crippen LogP contribution is -2.32. The molecule has 3 nitrogen and oxygen atoms in total. The van der Waals surface area contributed by atoms with E-state index in [0.717, 1.165) is 24.5 Å². The normalized spacial score (nSPS) is 17.0. The third kappa shape index (κ3) is 3.80. The molecule has 0 aromatic heterocycles. The Balaban J connectivity index is 2.38. The summed E-state index contributed by atoms with van der Waals surface area (Å²) >= 11 is 0. The van der Waals surface area contributed by atoms with Crippen LogP contribution in [0.2, 0.25) is 0 Å². The van der Waals surface area contributed by atoms with Gasteiger partial charge in [-0.05, 0) is 23.1 Å². The SMILES string of the molecule is CC(CO)c1ccc(F)c(C2=CN(C)CN2CC(C)(C)C)c1. The number of rotatable bonds is 4. The van der Waals surface area contributed by atoms with Crippen molar-refractivity contribution in [2.75, 3.05) is 26.9 Å². The minimum atomic E-state index is -0.214. The molecule has 1 atom stereocenters. The summed E-state index contributed by atoms with van der Waals surface area (Å²) in [4.78, 5) is 4.29.